The molecule has 7 nitrogen and oxygen atoms in total. The molecule has 1 atom stereocenters. The van der Waals surface area contributed by atoms with Crippen molar-refractivity contribution in [2.75, 3.05) is 51.3 Å². The summed E-state index contributed by atoms with van der Waals surface area (Å²) in [7, 11) is 1.68. The molecule has 0 unspecified atom stereocenters. The van der Waals surface area contributed by atoms with Crippen LogP contribution >= 0.6 is 11.3 Å². The van der Waals surface area contributed by atoms with Gasteiger partial charge in [-0.1, -0.05) is 17.3 Å². The summed E-state index contributed by atoms with van der Waals surface area (Å²) in [5.41, 5.74) is 3.76. The molecule has 0 spiro atoms. The number of rotatable bonds is 8. The minimum absolute atomic E-state index is 0.245. The molecular formula is C25H27N3O4S. The maximum atomic E-state index is 10.6. The number of piperazine rings is 1. The molecule has 1 aliphatic rings. The predicted octanol–water partition coefficient (Wildman–Crippen LogP) is 4.13. The van der Waals surface area contributed by atoms with Crippen LogP contribution in [0.3, 0.4) is 0 Å². The molecule has 4 aromatic rings. The minimum Gasteiger partial charge on any atom is -0.497 e. The van der Waals surface area contributed by atoms with Crippen molar-refractivity contribution in [3.63, 3.8) is 0 Å². The normalized spacial score (nSPS) is 15.6. The fraction of sp³-hybridized carbons (Fsp3) is 0.320. The number of methoxy groups -OCH3 is 1. The third-order valence-electron chi connectivity index (χ3n) is 5.91. The first kappa shape index (κ1) is 21.8. The van der Waals surface area contributed by atoms with Crippen molar-refractivity contribution in [3.8, 4) is 22.8 Å². The number of benzene rings is 2. The van der Waals surface area contributed by atoms with Gasteiger partial charge in [0.25, 0.3) is 0 Å². The van der Waals surface area contributed by atoms with Crippen molar-refractivity contribution in [2.45, 2.75) is 6.10 Å². The summed E-state index contributed by atoms with van der Waals surface area (Å²) in [6, 6.07) is 17.8. The van der Waals surface area contributed by atoms with E-state index in [9.17, 15) is 5.11 Å². The molecule has 8 heteroatoms. The Kier molecular flexibility index (Phi) is 6.48. The lowest BCUT2D eigenvalue weighted by molar-refractivity contribution is 0.0663. The summed E-state index contributed by atoms with van der Waals surface area (Å²) in [6.07, 6.45) is -0.558. The van der Waals surface area contributed by atoms with Crippen LogP contribution in [-0.4, -0.2) is 67.7 Å². The van der Waals surface area contributed by atoms with E-state index >= 15 is 0 Å². The molecule has 1 N–H and O–H groups in total. The first-order chi connectivity index (χ1) is 16.2. The van der Waals surface area contributed by atoms with Crippen LogP contribution in [0.25, 0.3) is 21.5 Å². The number of hydrogen-bond acceptors (Lipinski definition) is 8. The second kappa shape index (κ2) is 9.82. The molecule has 2 aromatic heterocycles. The number of aromatic nitrogens is 1. The Morgan fingerprint density at radius 2 is 1.88 bits per heavy atom. The minimum atomic E-state index is -0.558. The Labute approximate surface area is 196 Å². The maximum Gasteiger partial charge on any atom is 0.178 e. The lowest BCUT2D eigenvalue weighted by atomic mass is 10.1. The first-order valence-electron chi connectivity index (χ1n) is 11.0. The zero-order valence-corrected chi connectivity index (χ0v) is 19.3. The number of ether oxygens (including phenoxy) is 2. The van der Waals surface area contributed by atoms with E-state index in [1.165, 1.54) is 5.69 Å². The van der Waals surface area contributed by atoms with Crippen LogP contribution in [0.4, 0.5) is 5.69 Å². The highest BCUT2D eigenvalue weighted by molar-refractivity contribution is 7.17. The van der Waals surface area contributed by atoms with Crippen LogP contribution in [0.1, 0.15) is 0 Å². The average Bonchev–Trinajstić information content (AvgIpc) is 3.48. The topological polar surface area (TPSA) is 71.2 Å². The summed E-state index contributed by atoms with van der Waals surface area (Å²) in [4.78, 5) is 4.65. The smallest absolute Gasteiger partial charge is 0.178 e. The van der Waals surface area contributed by atoms with Crippen LogP contribution in [0.15, 0.2) is 64.5 Å². The van der Waals surface area contributed by atoms with E-state index in [0.717, 1.165) is 53.5 Å². The van der Waals surface area contributed by atoms with E-state index in [0.29, 0.717) is 12.3 Å². The Balaban J connectivity index is 1.11. The van der Waals surface area contributed by atoms with Gasteiger partial charge in [0.2, 0.25) is 0 Å². The molecule has 0 bridgehead atoms. The summed E-state index contributed by atoms with van der Waals surface area (Å²) < 4.78 is 17.5. The second-order valence-electron chi connectivity index (χ2n) is 8.12. The zero-order valence-electron chi connectivity index (χ0n) is 18.5. The third-order valence-corrected chi connectivity index (χ3v) is 6.81. The number of aliphatic hydroxyl groups excluding tert-OH is 1. The molecule has 1 saturated heterocycles. The van der Waals surface area contributed by atoms with E-state index < -0.39 is 6.10 Å². The van der Waals surface area contributed by atoms with Crippen LogP contribution in [-0.2, 0) is 0 Å². The van der Waals surface area contributed by atoms with Gasteiger partial charge in [-0.25, -0.2) is 0 Å². The van der Waals surface area contributed by atoms with Gasteiger partial charge in [-0.2, -0.15) is 0 Å². The third kappa shape index (κ3) is 4.98. The highest BCUT2D eigenvalue weighted by atomic mass is 32.1. The van der Waals surface area contributed by atoms with Crippen molar-refractivity contribution >= 4 is 27.3 Å². The number of hydrogen-bond donors (Lipinski definition) is 1. The monoisotopic (exact) mass is 465 g/mol. The largest absolute Gasteiger partial charge is 0.497 e. The van der Waals surface area contributed by atoms with Crippen molar-refractivity contribution in [1.82, 2.24) is 10.1 Å². The molecule has 1 fully saturated rings. The van der Waals surface area contributed by atoms with E-state index in [1.807, 2.05) is 47.8 Å². The average molecular weight is 466 g/mol. The maximum absolute atomic E-state index is 10.6. The molecule has 33 heavy (non-hydrogen) atoms. The van der Waals surface area contributed by atoms with Crippen LogP contribution < -0.4 is 14.4 Å². The van der Waals surface area contributed by atoms with Crippen LogP contribution in [0, 0.1) is 0 Å². The molecule has 1 aliphatic heterocycles. The SMILES string of the molecule is COc1ccc(N2CCN(C[C@@H](O)COc3cccc(-c4noc5ccsc45)c3)CC2)cc1. The van der Waals surface area contributed by atoms with E-state index in [4.69, 9.17) is 14.0 Å². The number of β-amino-alcohol motifs (C(OH)–C–C–N with tert-alkyl or cyclic N) is 1. The zero-order chi connectivity index (χ0) is 22.6. The van der Waals surface area contributed by atoms with Crippen molar-refractivity contribution in [3.05, 3.63) is 60.0 Å². The molecular weight excluding hydrogens is 438 g/mol. The Morgan fingerprint density at radius 1 is 1.06 bits per heavy atom. The summed E-state index contributed by atoms with van der Waals surface area (Å²) in [5.74, 6) is 1.58. The van der Waals surface area contributed by atoms with Crippen molar-refractivity contribution in [1.29, 1.82) is 0 Å². The lowest BCUT2D eigenvalue weighted by Crippen LogP contribution is -2.49. The predicted molar refractivity (Wildman–Crippen MR) is 130 cm³/mol. The Hall–Kier alpha value is -3.07. The quantitative estimate of drug-likeness (QED) is 0.420. The number of nitrogens with zero attached hydrogens (tertiary/aromatic N) is 3. The van der Waals surface area contributed by atoms with Gasteiger partial charge in [0.05, 0.1) is 7.11 Å². The van der Waals surface area contributed by atoms with Gasteiger partial charge >= 0.3 is 0 Å². The number of thiophene rings is 1. The van der Waals surface area contributed by atoms with Gasteiger partial charge in [0.15, 0.2) is 5.58 Å². The van der Waals surface area contributed by atoms with Crippen LogP contribution in [0.5, 0.6) is 11.5 Å². The molecule has 0 amide bonds. The van der Waals surface area contributed by atoms with Gasteiger partial charge in [0.1, 0.15) is 34.6 Å². The molecule has 0 aliphatic carbocycles. The molecule has 5 rings (SSSR count). The van der Waals surface area contributed by atoms with Gasteiger partial charge in [-0.3, -0.25) is 4.90 Å². The number of aliphatic hydroxyl groups is 1. The van der Waals surface area contributed by atoms with E-state index in [1.54, 1.807) is 18.4 Å². The molecule has 2 aromatic carbocycles. The van der Waals surface area contributed by atoms with Crippen molar-refractivity contribution < 1.29 is 19.1 Å². The van der Waals surface area contributed by atoms with E-state index in [2.05, 4.69) is 27.1 Å². The Morgan fingerprint density at radius 3 is 2.67 bits per heavy atom. The van der Waals surface area contributed by atoms with Gasteiger partial charge in [0, 0.05) is 44.0 Å². The van der Waals surface area contributed by atoms with E-state index in [-0.39, 0.29) is 6.61 Å². The molecule has 0 saturated carbocycles. The second-order valence-corrected chi connectivity index (χ2v) is 9.04. The highest BCUT2D eigenvalue weighted by Crippen LogP contribution is 2.33. The van der Waals surface area contributed by atoms with Gasteiger partial charge in [-0.15, -0.1) is 11.3 Å². The van der Waals surface area contributed by atoms with Gasteiger partial charge in [-0.05, 0) is 47.8 Å². The van der Waals surface area contributed by atoms with Gasteiger partial charge < -0.3 is 24.0 Å². The first-order valence-corrected chi connectivity index (χ1v) is 11.9. The standard InChI is InChI=1S/C25H27N3O4S/c1-30-21-7-5-19(6-8-21)28-12-10-27(11-13-28)16-20(29)17-31-22-4-2-3-18(15-22)24-25-23(32-26-24)9-14-33-25/h2-9,14-15,20,29H,10-13,16-17H2,1H3/t20-/m1/s1. The number of anilines is 1. The van der Waals surface area contributed by atoms with Crippen molar-refractivity contribution in [2.24, 2.45) is 0 Å². The number of fused-ring (bicyclic) bond motifs is 1. The summed E-state index contributed by atoms with van der Waals surface area (Å²) >= 11 is 1.61. The fourth-order valence-corrected chi connectivity index (χ4v) is 4.94. The summed E-state index contributed by atoms with van der Waals surface area (Å²) in [6.45, 7) is 4.50. The highest BCUT2D eigenvalue weighted by Gasteiger charge is 2.20. The molecule has 3 heterocycles. The molecule has 172 valence electrons. The fourth-order valence-electron chi connectivity index (χ4n) is 4.12. The van der Waals surface area contributed by atoms with Crippen LogP contribution in [0.2, 0.25) is 0 Å². The Bertz CT molecular complexity index is 1180. The summed E-state index contributed by atoms with van der Waals surface area (Å²) in [5, 5.41) is 16.7. The molecule has 0 radical (unpaired) electrons. The lowest BCUT2D eigenvalue weighted by Gasteiger charge is -2.36.